The Bertz CT molecular complexity index is 421. The number of hydrogen-bond donors (Lipinski definition) is 2. The van der Waals surface area contributed by atoms with Gasteiger partial charge in [0.1, 0.15) is 0 Å². The summed E-state index contributed by atoms with van der Waals surface area (Å²) in [6.45, 7) is 4.25. The number of amides is 1. The third-order valence-corrected chi connectivity index (χ3v) is 2.86. The highest BCUT2D eigenvalue weighted by Gasteiger charge is 2.07. The summed E-state index contributed by atoms with van der Waals surface area (Å²) in [5.74, 6) is 1.27. The fourth-order valence-electron chi connectivity index (χ4n) is 1.56. The zero-order chi connectivity index (χ0) is 14.3. The van der Waals surface area contributed by atoms with Crippen LogP contribution in [0.25, 0.3) is 0 Å². The second-order valence-electron chi connectivity index (χ2n) is 4.30. The highest BCUT2D eigenvalue weighted by atomic mass is 16.5. The first-order valence-corrected chi connectivity index (χ1v) is 6.36. The van der Waals surface area contributed by atoms with Crippen LogP contribution in [0, 0.1) is 0 Å². The van der Waals surface area contributed by atoms with E-state index in [0.29, 0.717) is 11.5 Å². The fraction of sp³-hybridized carbons (Fsp3) is 0.500. The van der Waals surface area contributed by atoms with Gasteiger partial charge < -0.3 is 20.1 Å². The molecule has 5 heteroatoms. The molecule has 0 saturated carbocycles. The zero-order valence-corrected chi connectivity index (χ0v) is 11.9. The molecule has 1 rings (SSSR count). The maximum atomic E-state index is 11.6. The average molecular weight is 266 g/mol. The summed E-state index contributed by atoms with van der Waals surface area (Å²) in [6.07, 6.45) is 0.919. The molecule has 1 atom stereocenters. The van der Waals surface area contributed by atoms with Gasteiger partial charge in [0.2, 0.25) is 5.91 Å². The van der Waals surface area contributed by atoms with Gasteiger partial charge in [-0.3, -0.25) is 4.79 Å². The first-order valence-electron chi connectivity index (χ1n) is 6.36. The summed E-state index contributed by atoms with van der Waals surface area (Å²) in [4.78, 5) is 11.6. The summed E-state index contributed by atoms with van der Waals surface area (Å²) < 4.78 is 10.4. The van der Waals surface area contributed by atoms with Crippen molar-refractivity contribution in [1.82, 2.24) is 5.32 Å². The molecule has 1 unspecified atom stereocenters. The Kier molecular flexibility index (Phi) is 5.99. The summed E-state index contributed by atoms with van der Waals surface area (Å²) in [5.41, 5.74) is 0.817. The lowest BCUT2D eigenvalue weighted by Gasteiger charge is -2.13. The standard InChI is InChI=1S/C14H22N2O3/c1-5-10(2)16-14(17)9-15-11-6-7-12(18-3)13(8-11)19-4/h6-8,10,15H,5,9H2,1-4H3,(H,16,17). The SMILES string of the molecule is CCC(C)NC(=O)CNc1ccc(OC)c(OC)c1. The molecule has 1 amide bonds. The van der Waals surface area contributed by atoms with Gasteiger partial charge in [0.25, 0.3) is 0 Å². The number of nitrogens with one attached hydrogen (secondary N) is 2. The molecular weight excluding hydrogens is 244 g/mol. The molecule has 0 saturated heterocycles. The number of anilines is 1. The summed E-state index contributed by atoms with van der Waals surface area (Å²) >= 11 is 0. The molecule has 0 aliphatic heterocycles. The molecule has 1 aromatic carbocycles. The predicted molar refractivity (Wildman–Crippen MR) is 75.9 cm³/mol. The highest BCUT2D eigenvalue weighted by molar-refractivity contribution is 5.81. The van der Waals surface area contributed by atoms with Gasteiger partial charge in [-0.05, 0) is 25.5 Å². The highest BCUT2D eigenvalue weighted by Crippen LogP contribution is 2.29. The van der Waals surface area contributed by atoms with E-state index in [2.05, 4.69) is 10.6 Å². The van der Waals surface area contributed by atoms with Gasteiger partial charge in [0.05, 0.1) is 20.8 Å². The number of hydrogen-bond acceptors (Lipinski definition) is 4. The Labute approximate surface area is 114 Å². The van der Waals surface area contributed by atoms with Crippen molar-refractivity contribution < 1.29 is 14.3 Å². The second-order valence-corrected chi connectivity index (χ2v) is 4.30. The van der Waals surface area contributed by atoms with Gasteiger partial charge in [-0.25, -0.2) is 0 Å². The molecule has 0 heterocycles. The van der Waals surface area contributed by atoms with Crippen LogP contribution in [0.5, 0.6) is 11.5 Å². The van der Waals surface area contributed by atoms with Gasteiger partial charge in [-0.2, -0.15) is 0 Å². The van der Waals surface area contributed by atoms with E-state index in [-0.39, 0.29) is 18.5 Å². The van der Waals surface area contributed by atoms with Crippen LogP contribution in [-0.2, 0) is 4.79 Å². The summed E-state index contributed by atoms with van der Waals surface area (Å²) in [5, 5.41) is 5.95. The first kappa shape index (κ1) is 15.1. The lowest BCUT2D eigenvalue weighted by atomic mass is 10.2. The molecule has 2 N–H and O–H groups in total. The van der Waals surface area contributed by atoms with Gasteiger partial charge in [-0.15, -0.1) is 0 Å². The van der Waals surface area contributed by atoms with Gasteiger partial charge >= 0.3 is 0 Å². The minimum atomic E-state index is -0.0239. The fourth-order valence-corrected chi connectivity index (χ4v) is 1.56. The normalized spacial score (nSPS) is 11.6. The van der Waals surface area contributed by atoms with Gasteiger partial charge in [0, 0.05) is 17.8 Å². The van der Waals surface area contributed by atoms with Crippen LogP contribution in [-0.4, -0.2) is 32.7 Å². The van der Waals surface area contributed by atoms with Gasteiger partial charge in [0.15, 0.2) is 11.5 Å². The Morgan fingerprint density at radius 1 is 1.26 bits per heavy atom. The second kappa shape index (κ2) is 7.51. The monoisotopic (exact) mass is 266 g/mol. The maximum absolute atomic E-state index is 11.6. The van der Waals surface area contributed by atoms with Crippen molar-refractivity contribution in [3.63, 3.8) is 0 Å². The lowest BCUT2D eigenvalue weighted by molar-refractivity contribution is -0.120. The van der Waals surface area contributed by atoms with Crippen LogP contribution in [0.2, 0.25) is 0 Å². The van der Waals surface area contributed by atoms with Gasteiger partial charge in [-0.1, -0.05) is 6.92 Å². The Hall–Kier alpha value is -1.91. The molecular formula is C14H22N2O3. The number of ether oxygens (including phenoxy) is 2. The topological polar surface area (TPSA) is 59.6 Å². The van der Waals surface area contributed by atoms with E-state index in [1.54, 1.807) is 26.4 Å². The molecule has 0 aliphatic rings. The third kappa shape index (κ3) is 4.69. The Morgan fingerprint density at radius 2 is 1.95 bits per heavy atom. The van der Waals surface area contributed by atoms with E-state index in [4.69, 9.17) is 9.47 Å². The van der Waals surface area contributed by atoms with Crippen molar-refractivity contribution in [2.45, 2.75) is 26.3 Å². The first-order chi connectivity index (χ1) is 9.10. The molecule has 0 aromatic heterocycles. The molecule has 0 aliphatic carbocycles. The molecule has 0 radical (unpaired) electrons. The molecule has 5 nitrogen and oxygen atoms in total. The summed E-state index contributed by atoms with van der Waals surface area (Å²) in [6, 6.07) is 5.64. The van der Waals surface area contributed by atoms with Crippen LogP contribution >= 0.6 is 0 Å². The van der Waals surface area contributed by atoms with Crippen LogP contribution in [0.1, 0.15) is 20.3 Å². The minimum Gasteiger partial charge on any atom is -0.493 e. The zero-order valence-electron chi connectivity index (χ0n) is 11.9. The van der Waals surface area contributed by atoms with E-state index in [0.717, 1.165) is 12.1 Å². The number of rotatable bonds is 7. The van der Waals surface area contributed by atoms with Crippen LogP contribution in [0.3, 0.4) is 0 Å². The molecule has 1 aromatic rings. The Balaban J connectivity index is 2.56. The van der Waals surface area contributed by atoms with E-state index in [1.807, 2.05) is 19.9 Å². The van der Waals surface area contributed by atoms with E-state index < -0.39 is 0 Å². The Morgan fingerprint density at radius 3 is 2.53 bits per heavy atom. The minimum absolute atomic E-state index is 0.0239. The van der Waals surface area contributed by atoms with Crippen LogP contribution < -0.4 is 20.1 Å². The summed E-state index contributed by atoms with van der Waals surface area (Å²) in [7, 11) is 3.17. The maximum Gasteiger partial charge on any atom is 0.239 e. The van der Waals surface area contributed by atoms with Crippen LogP contribution in [0.4, 0.5) is 5.69 Å². The molecule has 0 spiro atoms. The molecule has 0 fully saturated rings. The smallest absolute Gasteiger partial charge is 0.239 e. The third-order valence-electron chi connectivity index (χ3n) is 2.86. The number of carbonyl (C=O) groups is 1. The number of benzene rings is 1. The van der Waals surface area contributed by atoms with Crippen molar-refractivity contribution in [3.05, 3.63) is 18.2 Å². The molecule has 106 valence electrons. The molecule has 0 bridgehead atoms. The number of carbonyl (C=O) groups excluding carboxylic acids is 1. The average Bonchev–Trinajstić information content (AvgIpc) is 2.44. The van der Waals surface area contributed by atoms with E-state index >= 15 is 0 Å². The van der Waals surface area contributed by atoms with Crippen molar-refractivity contribution in [2.24, 2.45) is 0 Å². The largest absolute Gasteiger partial charge is 0.493 e. The molecule has 19 heavy (non-hydrogen) atoms. The van der Waals surface area contributed by atoms with E-state index in [1.165, 1.54) is 0 Å². The van der Waals surface area contributed by atoms with Crippen molar-refractivity contribution in [2.75, 3.05) is 26.1 Å². The number of methoxy groups -OCH3 is 2. The predicted octanol–water partition coefficient (Wildman–Crippen LogP) is 2.03. The van der Waals surface area contributed by atoms with Crippen molar-refractivity contribution in [1.29, 1.82) is 0 Å². The van der Waals surface area contributed by atoms with Crippen LogP contribution in [0.15, 0.2) is 18.2 Å². The van der Waals surface area contributed by atoms with Crippen molar-refractivity contribution in [3.8, 4) is 11.5 Å². The lowest BCUT2D eigenvalue weighted by Crippen LogP contribution is -2.36. The quantitative estimate of drug-likeness (QED) is 0.793. The van der Waals surface area contributed by atoms with E-state index in [9.17, 15) is 4.79 Å². The van der Waals surface area contributed by atoms with Crippen molar-refractivity contribution >= 4 is 11.6 Å².